The van der Waals surface area contributed by atoms with Crippen molar-refractivity contribution in [2.24, 2.45) is 0 Å². The standard InChI is InChI=1S/C9H12N2O3/c1-4-14-9(13)8(12)7(5-10)6-11(2)3/h6H,4H2,1-3H3. The van der Waals surface area contributed by atoms with E-state index in [0.29, 0.717) is 0 Å². The van der Waals surface area contributed by atoms with Gasteiger partial charge in [-0.05, 0) is 6.92 Å². The largest absolute Gasteiger partial charge is 0.460 e. The van der Waals surface area contributed by atoms with Crippen molar-refractivity contribution in [1.82, 2.24) is 4.90 Å². The Morgan fingerprint density at radius 1 is 1.50 bits per heavy atom. The summed E-state index contributed by atoms with van der Waals surface area (Å²) in [5.74, 6) is -1.91. The van der Waals surface area contributed by atoms with E-state index in [2.05, 4.69) is 4.74 Å². The van der Waals surface area contributed by atoms with Crippen LogP contribution in [0.1, 0.15) is 6.92 Å². The van der Waals surface area contributed by atoms with Crippen LogP contribution in [0.5, 0.6) is 0 Å². The first-order chi connectivity index (χ1) is 6.52. The molecule has 0 N–H and O–H groups in total. The third kappa shape index (κ3) is 3.72. The number of ketones is 1. The summed E-state index contributed by atoms with van der Waals surface area (Å²) in [5.41, 5.74) is -0.228. The van der Waals surface area contributed by atoms with Crippen LogP contribution >= 0.6 is 0 Å². The number of Topliss-reactive ketones (excluding diaryl/α,β-unsaturated/α-hetero) is 1. The second kappa shape index (κ2) is 5.75. The van der Waals surface area contributed by atoms with Gasteiger partial charge in [-0.3, -0.25) is 4.79 Å². The van der Waals surface area contributed by atoms with Crippen LogP contribution in [-0.2, 0) is 14.3 Å². The average molecular weight is 196 g/mol. The number of carbonyl (C=O) groups excluding carboxylic acids is 2. The van der Waals surface area contributed by atoms with Gasteiger partial charge in [0, 0.05) is 20.3 Å². The van der Waals surface area contributed by atoms with Gasteiger partial charge in [0.25, 0.3) is 5.78 Å². The highest BCUT2D eigenvalue weighted by atomic mass is 16.5. The van der Waals surface area contributed by atoms with E-state index >= 15 is 0 Å². The van der Waals surface area contributed by atoms with Crippen molar-refractivity contribution in [2.75, 3.05) is 20.7 Å². The zero-order valence-corrected chi connectivity index (χ0v) is 8.40. The molecule has 5 heteroatoms. The predicted octanol–water partition coefficient (Wildman–Crippen LogP) is 0.0877. The SMILES string of the molecule is CCOC(=O)C(=O)C(C#N)=CN(C)C. The molecule has 0 aliphatic rings. The van der Waals surface area contributed by atoms with Gasteiger partial charge in [-0.2, -0.15) is 5.26 Å². The van der Waals surface area contributed by atoms with Crippen molar-refractivity contribution in [1.29, 1.82) is 5.26 Å². The minimum Gasteiger partial charge on any atom is -0.460 e. The predicted molar refractivity (Wildman–Crippen MR) is 49.0 cm³/mol. The molecule has 0 aromatic carbocycles. The van der Waals surface area contributed by atoms with Crippen LogP contribution in [-0.4, -0.2) is 37.4 Å². The first-order valence-corrected chi connectivity index (χ1v) is 4.02. The molecule has 0 aliphatic carbocycles. The Balaban J connectivity index is 4.66. The van der Waals surface area contributed by atoms with Crippen LogP contribution in [0.3, 0.4) is 0 Å². The first kappa shape index (κ1) is 12.2. The van der Waals surface area contributed by atoms with Gasteiger partial charge in [0.2, 0.25) is 0 Å². The molecule has 76 valence electrons. The number of hydrogen-bond donors (Lipinski definition) is 0. The summed E-state index contributed by atoms with van der Waals surface area (Å²) < 4.78 is 4.47. The van der Waals surface area contributed by atoms with Crippen LogP contribution in [0.25, 0.3) is 0 Å². The maximum Gasteiger partial charge on any atom is 0.380 e. The molecule has 0 unspecified atom stereocenters. The smallest absolute Gasteiger partial charge is 0.380 e. The van der Waals surface area contributed by atoms with Crippen molar-refractivity contribution in [3.8, 4) is 6.07 Å². The van der Waals surface area contributed by atoms with E-state index in [0.717, 1.165) is 0 Å². The maximum absolute atomic E-state index is 11.2. The van der Waals surface area contributed by atoms with E-state index in [1.165, 1.54) is 11.1 Å². The fraction of sp³-hybridized carbons (Fsp3) is 0.444. The molecule has 0 heterocycles. The number of rotatable bonds is 4. The molecule has 0 amide bonds. The van der Waals surface area contributed by atoms with Gasteiger partial charge in [-0.1, -0.05) is 0 Å². The average Bonchev–Trinajstić information content (AvgIpc) is 2.13. The number of esters is 1. The number of nitrogens with zero attached hydrogens (tertiary/aromatic N) is 2. The Morgan fingerprint density at radius 2 is 2.07 bits per heavy atom. The highest BCUT2D eigenvalue weighted by Gasteiger charge is 2.20. The molecule has 0 saturated carbocycles. The summed E-state index contributed by atoms with van der Waals surface area (Å²) in [6.07, 6.45) is 1.28. The number of ether oxygens (including phenoxy) is 1. The van der Waals surface area contributed by atoms with Crippen LogP contribution in [0, 0.1) is 11.3 Å². The number of hydrogen-bond acceptors (Lipinski definition) is 5. The summed E-state index contributed by atoms with van der Waals surface area (Å²) in [6.45, 7) is 1.71. The Labute approximate surface area is 82.6 Å². The molecule has 0 atom stereocenters. The van der Waals surface area contributed by atoms with E-state index in [9.17, 15) is 9.59 Å². The van der Waals surface area contributed by atoms with E-state index in [1.54, 1.807) is 27.1 Å². The van der Waals surface area contributed by atoms with Gasteiger partial charge in [-0.25, -0.2) is 4.79 Å². The van der Waals surface area contributed by atoms with Gasteiger partial charge in [0.15, 0.2) is 0 Å². The molecule has 0 bridgehead atoms. The van der Waals surface area contributed by atoms with E-state index in [1.807, 2.05) is 0 Å². The van der Waals surface area contributed by atoms with Crippen molar-refractivity contribution in [3.63, 3.8) is 0 Å². The molecule has 5 nitrogen and oxygen atoms in total. The molecule has 0 radical (unpaired) electrons. The molecule has 0 aliphatic heterocycles. The van der Waals surface area contributed by atoms with Crippen molar-refractivity contribution in [3.05, 3.63) is 11.8 Å². The third-order valence-electron chi connectivity index (χ3n) is 1.21. The lowest BCUT2D eigenvalue weighted by molar-refractivity contribution is -0.151. The van der Waals surface area contributed by atoms with Crippen LogP contribution in [0.15, 0.2) is 11.8 Å². The fourth-order valence-electron chi connectivity index (χ4n) is 0.703. The summed E-state index contributed by atoms with van der Waals surface area (Å²) >= 11 is 0. The summed E-state index contributed by atoms with van der Waals surface area (Å²) in [5, 5.41) is 8.59. The topological polar surface area (TPSA) is 70.4 Å². The Bertz CT molecular complexity index is 300. The lowest BCUT2D eigenvalue weighted by Gasteiger charge is -2.05. The molecular formula is C9H12N2O3. The van der Waals surface area contributed by atoms with Crippen molar-refractivity contribution >= 4 is 11.8 Å². The van der Waals surface area contributed by atoms with E-state index in [-0.39, 0.29) is 12.2 Å². The third-order valence-corrected chi connectivity index (χ3v) is 1.21. The molecular weight excluding hydrogens is 184 g/mol. The molecule has 0 rings (SSSR count). The van der Waals surface area contributed by atoms with Crippen LogP contribution in [0.2, 0.25) is 0 Å². The van der Waals surface area contributed by atoms with Crippen molar-refractivity contribution in [2.45, 2.75) is 6.92 Å². The Hall–Kier alpha value is -1.83. The normalized spacial score (nSPS) is 10.3. The highest BCUT2D eigenvalue weighted by Crippen LogP contribution is 1.98. The zero-order chi connectivity index (χ0) is 11.1. The fourth-order valence-corrected chi connectivity index (χ4v) is 0.703. The minimum absolute atomic E-state index is 0.116. The second-order valence-corrected chi connectivity index (χ2v) is 2.67. The Kier molecular flexibility index (Phi) is 5.00. The number of nitriles is 1. The Morgan fingerprint density at radius 3 is 2.43 bits per heavy atom. The maximum atomic E-state index is 11.2. The number of carbonyl (C=O) groups is 2. The van der Waals surface area contributed by atoms with Crippen LogP contribution < -0.4 is 0 Å². The molecule has 14 heavy (non-hydrogen) atoms. The monoisotopic (exact) mass is 196 g/mol. The summed E-state index contributed by atoms with van der Waals surface area (Å²) in [6, 6.07) is 1.64. The van der Waals surface area contributed by atoms with Crippen LogP contribution in [0.4, 0.5) is 0 Å². The molecule has 0 fully saturated rings. The molecule has 0 spiro atoms. The van der Waals surface area contributed by atoms with Gasteiger partial charge in [-0.15, -0.1) is 0 Å². The van der Waals surface area contributed by atoms with E-state index in [4.69, 9.17) is 5.26 Å². The quantitative estimate of drug-likeness (QED) is 0.276. The van der Waals surface area contributed by atoms with E-state index < -0.39 is 11.8 Å². The lowest BCUT2D eigenvalue weighted by Crippen LogP contribution is -2.20. The summed E-state index contributed by atoms with van der Waals surface area (Å²) in [7, 11) is 3.30. The zero-order valence-electron chi connectivity index (χ0n) is 8.40. The van der Waals surface area contributed by atoms with Gasteiger partial charge < -0.3 is 9.64 Å². The summed E-state index contributed by atoms with van der Waals surface area (Å²) in [4.78, 5) is 23.7. The second-order valence-electron chi connectivity index (χ2n) is 2.67. The molecule has 0 aromatic heterocycles. The molecule has 0 aromatic rings. The van der Waals surface area contributed by atoms with Gasteiger partial charge in [0.1, 0.15) is 11.6 Å². The van der Waals surface area contributed by atoms with Gasteiger partial charge in [0.05, 0.1) is 6.61 Å². The lowest BCUT2D eigenvalue weighted by atomic mass is 10.2. The first-order valence-electron chi connectivity index (χ1n) is 4.02. The molecule has 0 saturated heterocycles. The highest BCUT2D eigenvalue weighted by molar-refractivity contribution is 6.41. The van der Waals surface area contributed by atoms with Gasteiger partial charge >= 0.3 is 5.97 Å². The van der Waals surface area contributed by atoms with Crippen molar-refractivity contribution < 1.29 is 14.3 Å². The minimum atomic E-state index is -0.998.